The first-order valence-corrected chi connectivity index (χ1v) is 8.00. The summed E-state index contributed by atoms with van der Waals surface area (Å²) in [6, 6.07) is 10.5. The SMILES string of the molecule is Cc1ccc2c(c1)CCCN2CC(=O)Nc1ccc(Cl)cc1F. The van der Waals surface area contributed by atoms with Crippen molar-refractivity contribution in [2.45, 2.75) is 19.8 Å². The molecule has 2 aromatic rings. The number of carbonyl (C=O) groups excluding carboxylic acids is 1. The molecule has 0 radical (unpaired) electrons. The number of carbonyl (C=O) groups is 1. The summed E-state index contributed by atoms with van der Waals surface area (Å²) in [5, 5.41) is 2.92. The molecule has 2 aromatic carbocycles. The molecule has 5 heteroatoms. The number of aryl methyl sites for hydroxylation is 2. The Labute approximate surface area is 140 Å². The molecule has 0 aliphatic carbocycles. The number of halogens is 2. The molecule has 1 aliphatic rings. The Kier molecular flexibility index (Phi) is 4.53. The maximum Gasteiger partial charge on any atom is 0.243 e. The third kappa shape index (κ3) is 3.64. The molecule has 0 unspecified atom stereocenters. The van der Waals surface area contributed by atoms with Crippen molar-refractivity contribution < 1.29 is 9.18 Å². The number of nitrogens with one attached hydrogen (secondary N) is 1. The molecule has 0 atom stereocenters. The topological polar surface area (TPSA) is 32.3 Å². The van der Waals surface area contributed by atoms with Crippen LogP contribution in [0.15, 0.2) is 36.4 Å². The molecule has 23 heavy (non-hydrogen) atoms. The molecule has 0 spiro atoms. The van der Waals surface area contributed by atoms with E-state index in [-0.39, 0.29) is 18.1 Å². The lowest BCUT2D eigenvalue weighted by atomic mass is 9.99. The van der Waals surface area contributed by atoms with Crippen LogP contribution in [-0.2, 0) is 11.2 Å². The Bertz CT molecular complexity index is 748. The van der Waals surface area contributed by atoms with Crippen LogP contribution in [0.4, 0.5) is 15.8 Å². The number of rotatable bonds is 3. The molecule has 0 bridgehead atoms. The van der Waals surface area contributed by atoms with Gasteiger partial charge in [-0.25, -0.2) is 4.39 Å². The molecule has 1 N–H and O–H groups in total. The first-order valence-electron chi connectivity index (χ1n) is 7.62. The average molecular weight is 333 g/mol. The Hall–Kier alpha value is -2.07. The minimum atomic E-state index is -0.527. The third-order valence-corrected chi connectivity index (χ3v) is 4.22. The predicted molar refractivity (Wildman–Crippen MR) is 91.8 cm³/mol. The summed E-state index contributed by atoms with van der Waals surface area (Å²) in [5.41, 5.74) is 3.73. The molecular formula is C18H18ClFN2O. The molecular weight excluding hydrogens is 315 g/mol. The molecule has 3 nitrogen and oxygen atoms in total. The van der Waals surface area contributed by atoms with Crippen molar-refractivity contribution in [1.29, 1.82) is 0 Å². The van der Waals surface area contributed by atoms with Crippen LogP contribution >= 0.6 is 11.6 Å². The van der Waals surface area contributed by atoms with Crippen molar-refractivity contribution in [3.8, 4) is 0 Å². The van der Waals surface area contributed by atoms with Crippen LogP contribution in [0.3, 0.4) is 0 Å². The standard InChI is InChI=1S/C18H18ClFN2O/c1-12-4-7-17-13(9-12)3-2-8-22(17)11-18(23)21-16-6-5-14(19)10-15(16)20/h4-7,9-10H,2-3,8,11H2,1H3,(H,21,23). The van der Waals surface area contributed by atoms with E-state index in [1.165, 1.54) is 23.3 Å². The number of fused-ring (bicyclic) bond motifs is 1. The van der Waals surface area contributed by atoms with Crippen LogP contribution in [0.25, 0.3) is 0 Å². The highest BCUT2D eigenvalue weighted by molar-refractivity contribution is 6.30. The van der Waals surface area contributed by atoms with Gasteiger partial charge in [-0.05, 0) is 49.6 Å². The second-order valence-corrected chi connectivity index (χ2v) is 6.27. The lowest BCUT2D eigenvalue weighted by Gasteiger charge is -2.31. The van der Waals surface area contributed by atoms with Gasteiger partial charge in [0.25, 0.3) is 0 Å². The van der Waals surface area contributed by atoms with E-state index >= 15 is 0 Å². The third-order valence-electron chi connectivity index (χ3n) is 3.99. The average Bonchev–Trinajstić information content (AvgIpc) is 2.50. The zero-order chi connectivity index (χ0) is 16.4. The van der Waals surface area contributed by atoms with Gasteiger partial charge in [-0.1, -0.05) is 29.3 Å². The minimum Gasteiger partial charge on any atom is -0.362 e. The summed E-state index contributed by atoms with van der Waals surface area (Å²) >= 11 is 5.72. The number of benzene rings is 2. The van der Waals surface area contributed by atoms with Crippen molar-refractivity contribution in [2.24, 2.45) is 0 Å². The van der Waals surface area contributed by atoms with E-state index in [0.29, 0.717) is 5.02 Å². The molecule has 0 aromatic heterocycles. The van der Waals surface area contributed by atoms with Gasteiger partial charge in [0.15, 0.2) is 0 Å². The summed E-state index contributed by atoms with van der Waals surface area (Å²) in [5.74, 6) is -0.764. The number of nitrogens with zero attached hydrogens (tertiary/aromatic N) is 1. The maximum absolute atomic E-state index is 13.8. The maximum atomic E-state index is 13.8. The Morgan fingerprint density at radius 1 is 1.30 bits per heavy atom. The number of hydrogen-bond donors (Lipinski definition) is 1. The fourth-order valence-corrected chi connectivity index (χ4v) is 3.08. The van der Waals surface area contributed by atoms with E-state index in [2.05, 4.69) is 24.4 Å². The molecule has 1 amide bonds. The molecule has 1 aliphatic heterocycles. The Balaban J connectivity index is 1.72. The van der Waals surface area contributed by atoms with Crippen molar-refractivity contribution in [2.75, 3.05) is 23.3 Å². The van der Waals surface area contributed by atoms with Crippen LogP contribution < -0.4 is 10.2 Å². The summed E-state index contributed by atoms with van der Waals surface area (Å²) < 4.78 is 13.8. The number of amides is 1. The van der Waals surface area contributed by atoms with E-state index in [9.17, 15) is 9.18 Å². The van der Waals surface area contributed by atoms with E-state index in [4.69, 9.17) is 11.6 Å². The fourth-order valence-electron chi connectivity index (χ4n) is 2.92. The van der Waals surface area contributed by atoms with Crippen molar-refractivity contribution in [1.82, 2.24) is 0 Å². The van der Waals surface area contributed by atoms with Gasteiger partial charge >= 0.3 is 0 Å². The number of anilines is 2. The Morgan fingerprint density at radius 2 is 2.13 bits per heavy atom. The van der Waals surface area contributed by atoms with Gasteiger partial charge in [-0.2, -0.15) is 0 Å². The van der Waals surface area contributed by atoms with E-state index in [1.807, 2.05) is 11.0 Å². The van der Waals surface area contributed by atoms with Crippen molar-refractivity contribution in [3.05, 3.63) is 58.4 Å². The zero-order valence-corrected chi connectivity index (χ0v) is 13.7. The van der Waals surface area contributed by atoms with Crippen LogP contribution in [0.5, 0.6) is 0 Å². The predicted octanol–water partition coefficient (Wildman–Crippen LogP) is 4.18. The largest absolute Gasteiger partial charge is 0.362 e. The smallest absolute Gasteiger partial charge is 0.243 e. The lowest BCUT2D eigenvalue weighted by Crippen LogP contribution is -2.36. The van der Waals surface area contributed by atoms with Gasteiger partial charge in [0.05, 0.1) is 12.2 Å². The number of hydrogen-bond acceptors (Lipinski definition) is 2. The molecule has 3 rings (SSSR count). The molecule has 0 fully saturated rings. The molecule has 120 valence electrons. The highest BCUT2D eigenvalue weighted by Gasteiger charge is 2.19. The molecule has 1 heterocycles. The molecule has 0 saturated carbocycles. The highest BCUT2D eigenvalue weighted by Crippen LogP contribution is 2.28. The second-order valence-electron chi connectivity index (χ2n) is 5.83. The second kappa shape index (κ2) is 6.59. The lowest BCUT2D eigenvalue weighted by molar-refractivity contribution is -0.115. The van der Waals surface area contributed by atoms with Gasteiger partial charge in [0, 0.05) is 17.3 Å². The monoisotopic (exact) mass is 332 g/mol. The first-order chi connectivity index (χ1) is 11.0. The van der Waals surface area contributed by atoms with Gasteiger partial charge < -0.3 is 10.2 Å². The highest BCUT2D eigenvalue weighted by atomic mass is 35.5. The van der Waals surface area contributed by atoms with Gasteiger partial charge in [0.1, 0.15) is 5.82 Å². The van der Waals surface area contributed by atoms with Gasteiger partial charge in [0.2, 0.25) is 5.91 Å². The van der Waals surface area contributed by atoms with Crippen LogP contribution in [0.2, 0.25) is 5.02 Å². The summed E-state index contributed by atoms with van der Waals surface area (Å²) in [6.07, 6.45) is 2.04. The van der Waals surface area contributed by atoms with Crippen LogP contribution in [0.1, 0.15) is 17.5 Å². The summed E-state index contributed by atoms with van der Waals surface area (Å²) in [7, 11) is 0. The van der Waals surface area contributed by atoms with E-state index < -0.39 is 5.82 Å². The minimum absolute atomic E-state index is 0.153. The normalized spacial score (nSPS) is 13.6. The van der Waals surface area contributed by atoms with E-state index in [1.54, 1.807) is 6.07 Å². The Morgan fingerprint density at radius 3 is 2.91 bits per heavy atom. The first kappa shape index (κ1) is 15.8. The van der Waals surface area contributed by atoms with E-state index in [0.717, 1.165) is 25.1 Å². The van der Waals surface area contributed by atoms with Gasteiger partial charge in [-0.15, -0.1) is 0 Å². The quantitative estimate of drug-likeness (QED) is 0.914. The summed E-state index contributed by atoms with van der Waals surface area (Å²) in [4.78, 5) is 14.3. The van der Waals surface area contributed by atoms with Crippen LogP contribution in [0, 0.1) is 12.7 Å². The molecule has 0 saturated heterocycles. The summed E-state index contributed by atoms with van der Waals surface area (Å²) in [6.45, 7) is 3.10. The van der Waals surface area contributed by atoms with Crippen molar-refractivity contribution in [3.63, 3.8) is 0 Å². The van der Waals surface area contributed by atoms with Crippen LogP contribution in [-0.4, -0.2) is 19.0 Å². The van der Waals surface area contributed by atoms with Crippen molar-refractivity contribution >= 4 is 28.9 Å². The fraction of sp³-hybridized carbons (Fsp3) is 0.278. The zero-order valence-electron chi connectivity index (χ0n) is 12.9. The van der Waals surface area contributed by atoms with Gasteiger partial charge in [-0.3, -0.25) is 4.79 Å².